The third-order valence-corrected chi connectivity index (χ3v) is 1.92. The van der Waals surface area contributed by atoms with Gasteiger partial charge < -0.3 is 9.84 Å². The highest BCUT2D eigenvalue weighted by molar-refractivity contribution is 5.76. The zero-order valence-corrected chi connectivity index (χ0v) is 8.84. The maximum absolute atomic E-state index is 11.1. The number of nitro benzene ring substituents is 1. The molecule has 0 heterocycles. The number of carbonyl (C=O) groups is 1. The molecule has 0 bridgehead atoms. The summed E-state index contributed by atoms with van der Waals surface area (Å²) in [6.45, 7) is 2.86. The number of aliphatic hydroxyl groups excluding tert-OH is 1. The first-order valence-corrected chi connectivity index (χ1v) is 4.56. The highest BCUT2D eigenvalue weighted by atomic mass is 16.6. The number of nitrogens with zero attached hydrogens (tertiary/aromatic N) is 1. The molecule has 6 heteroatoms. The van der Waals surface area contributed by atoms with Gasteiger partial charge in [-0.05, 0) is 25.5 Å². The van der Waals surface area contributed by atoms with Crippen molar-refractivity contribution in [3.05, 3.63) is 33.9 Å². The van der Waals surface area contributed by atoms with Crippen molar-refractivity contribution >= 4 is 11.7 Å². The molecule has 0 saturated heterocycles. The van der Waals surface area contributed by atoms with Crippen LogP contribution in [0.15, 0.2) is 18.2 Å². The number of carbonyl (C=O) groups excluding carboxylic acids is 1. The normalized spacial score (nSPS) is 11.9. The molecule has 0 fully saturated rings. The van der Waals surface area contributed by atoms with Gasteiger partial charge in [0.15, 0.2) is 0 Å². The van der Waals surface area contributed by atoms with Crippen molar-refractivity contribution in [1.29, 1.82) is 0 Å². The van der Waals surface area contributed by atoms with Gasteiger partial charge in [0.25, 0.3) is 5.69 Å². The second kappa shape index (κ2) is 4.71. The zero-order chi connectivity index (χ0) is 12.3. The summed E-state index contributed by atoms with van der Waals surface area (Å²) < 4.78 is 4.83. The number of aliphatic hydroxyl groups is 1. The quantitative estimate of drug-likeness (QED) is 0.361. The van der Waals surface area contributed by atoms with Gasteiger partial charge in [0.1, 0.15) is 11.9 Å². The molecule has 1 N–H and O–H groups in total. The fraction of sp³-hybridized carbons (Fsp3) is 0.300. The molecule has 0 aromatic heterocycles. The molecule has 1 rings (SSSR count). The average molecular weight is 225 g/mol. The number of non-ortho nitro benzene ring substituents is 1. The van der Waals surface area contributed by atoms with Crippen LogP contribution in [-0.2, 0) is 4.79 Å². The number of aryl methyl sites for hydroxylation is 1. The van der Waals surface area contributed by atoms with E-state index in [4.69, 9.17) is 9.84 Å². The Morgan fingerprint density at radius 2 is 2.19 bits per heavy atom. The Balaban J connectivity index is 2.91. The molecule has 86 valence electrons. The Morgan fingerprint density at radius 3 is 2.62 bits per heavy atom. The van der Waals surface area contributed by atoms with E-state index in [2.05, 4.69) is 0 Å². The molecule has 16 heavy (non-hydrogen) atoms. The van der Waals surface area contributed by atoms with Crippen LogP contribution in [0.2, 0.25) is 0 Å². The summed E-state index contributed by atoms with van der Waals surface area (Å²) in [5, 5.41) is 19.4. The number of rotatable bonds is 3. The number of nitro groups is 1. The Labute approximate surface area is 91.6 Å². The fourth-order valence-electron chi connectivity index (χ4n) is 1.06. The lowest BCUT2D eigenvalue weighted by atomic mass is 10.2. The molecule has 1 atom stereocenters. The van der Waals surface area contributed by atoms with E-state index in [0.29, 0.717) is 5.56 Å². The van der Waals surface area contributed by atoms with Gasteiger partial charge in [0.2, 0.25) is 0 Å². The Hall–Kier alpha value is -1.95. The summed E-state index contributed by atoms with van der Waals surface area (Å²) in [4.78, 5) is 21.0. The summed E-state index contributed by atoms with van der Waals surface area (Å²) in [6.07, 6.45) is -1.23. The molecule has 0 spiro atoms. The van der Waals surface area contributed by atoms with Crippen molar-refractivity contribution in [2.24, 2.45) is 0 Å². The molecule has 0 radical (unpaired) electrons. The van der Waals surface area contributed by atoms with E-state index in [1.807, 2.05) is 0 Å². The second-order valence-corrected chi connectivity index (χ2v) is 3.30. The van der Waals surface area contributed by atoms with E-state index >= 15 is 0 Å². The average Bonchev–Trinajstić information content (AvgIpc) is 2.20. The molecule has 0 amide bonds. The van der Waals surface area contributed by atoms with Crippen LogP contribution in [0.4, 0.5) is 5.69 Å². The molecular formula is C10H11NO5. The molecule has 0 aliphatic rings. The standard InChI is InChI=1S/C10H11NO5/c1-6-5-8(11(14)15)3-4-9(6)16-10(13)7(2)12/h3-5,7,12H,1-2H3. The lowest BCUT2D eigenvalue weighted by Gasteiger charge is -2.08. The van der Waals surface area contributed by atoms with Gasteiger partial charge in [-0.1, -0.05) is 0 Å². The number of hydrogen-bond donors (Lipinski definition) is 1. The molecule has 1 unspecified atom stereocenters. The predicted octanol–water partition coefficient (Wildman–Crippen LogP) is 1.19. The van der Waals surface area contributed by atoms with E-state index in [1.54, 1.807) is 6.92 Å². The SMILES string of the molecule is Cc1cc([N+](=O)[O-])ccc1OC(=O)C(C)O. The molecule has 6 nitrogen and oxygen atoms in total. The second-order valence-electron chi connectivity index (χ2n) is 3.30. The number of ether oxygens (including phenoxy) is 1. The number of hydrogen-bond acceptors (Lipinski definition) is 5. The van der Waals surface area contributed by atoms with Gasteiger partial charge in [0, 0.05) is 12.1 Å². The first kappa shape index (κ1) is 12.1. The third kappa shape index (κ3) is 2.77. The highest BCUT2D eigenvalue weighted by Gasteiger charge is 2.15. The molecule has 1 aromatic rings. The summed E-state index contributed by atoms with van der Waals surface area (Å²) in [6, 6.07) is 3.86. The summed E-state index contributed by atoms with van der Waals surface area (Å²) >= 11 is 0. The van der Waals surface area contributed by atoms with Crippen LogP contribution in [0.25, 0.3) is 0 Å². The van der Waals surface area contributed by atoms with Crippen LogP contribution in [0, 0.1) is 17.0 Å². The van der Waals surface area contributed by atoms with Gasteiger partial charge in [-0.15, -0.1) is 0 Å². The van der Waals surface area contributed by atoms with Crippen molar-refractivity contribution in [2.75, 3.05) is 0 Å². The van der Waals surface area contributed by atoms with Gasteiger partial charge in [0.05, 0.1) is 4.92 Å². The van der Waals surface area contributed by atoms with Gasteiger partial charge in [-0.3, -0.25) is 10.1 Å². The van der Waals surface area contributed by atoms with E-state index in [9.17, 15) is 14.9 Å². The zero-order valence-electron chi connectivity index (χ0n) is 8.84. The minimum absolute atomic E-state index is 0.0747. The number of esters is 1. The van der Waals surface area contributed by atoms with Crippen molar-refractivity contribution < 1.29 is 19.6 Å². The first-order chi connectivity index (χ1) is 7.41. The monoisotopic (exact) mass is 225 g/mol. The molecular weight excluding hydrogens is 214 g/mol. The lowest BCUT2D eigenvalue weighted by Crippen LogP contribution is -2.22. The van der Waals surface area contributed by atoms with E-state index in [-0.39, 0.29) is 11.4 Å². The molecule has 0 saturated carbocycles. The van der Waals surface area contributed by atoms with Crippen LogP contribution in [-0.4, -0.2) is 22.1 Å². The van der Waals surface area contributed by atoms with Crippen molar-refractivity contribution in [2.45, 2.75) is 20.0 Å². The van der Waals surface area contributed by atoms with Crippen molar-refractivity contribution in [1.82, 2.24) is 0 Å². The largest absolute Gasteiger partial charge is 0.424 e. The van der Waals surface area contributed by atoms with Crippen molar-refractivity contribution in [3.63, 3.8) is 0 Å². The highest BCUT2D eigenvalue weighted by Crippen LogP contribution is 2.23. The molecule has 1 aromatic carbocycles. The Kier molecular flexibility index (Phi) is 3.57. The maximum Gasteiger partial charge on any atom is 0.340 e. The van der Waals surface area contributed by atoms with Crippen molar-refractivity contribution in [3.8, 4) is 5.75 Å². The van der Waals surface area contributed by atoms with E-state index < -0.39 is 17.0 Å². The predicted molar refractivity (Wildman–Crippen MR) is 55.1 cm³/mol. The first-order valence-electron chi connectivity index (χ1n) is 4.56. The van der Waals surface area contributed by atoms with Gasteiger partial charge in [-0.25, -0.2) is 4.79 Å². The van der Waals surface area contributed by atoms with Gasteiger partial charge >= 0.3 is 5.97 Å². The van der Waals surface area contributed by atoms with Crippen LogP contribution < -0.4 is 4.74 Å². The smallest absolute Gasteiger partial charge is 0.340 e. The summed E-state index contributed by atoms with van der Waals surface area (Å²) in [7, 11) is 0. The number of benzene rings is 1. The summed E-state index contributed by atoms with van der Waals surface area (Å²) in [5.41, 5.74) is 0.387. The van der Waals surface area contributed by atoms with E-state index in [1.165, 1.54) is 25.1 Å². The summed E-state index contributed by atoms with van der Waals surface area (Å²) in [5.74, 6) is -0.589. The van der Waals surface area contributed by atoms with E-state index in [0.717, 1.165) is 0 Å². The topological polar surface area (TPSA) is 89.7 Å². The Morgan fingerprint density at radius 1 is 1.56 bits per heavy atom. The minimum Gasteiger partial charge on any atom is -0.424 e. The van der Waals surface area contributed by atoms with Crippen LogP contribution in [0.5, 0.6) is 5.75 Å². The van der Waals surface area contributed by atoms with Crippen LogP contribution >= 0.6 is 0 Å². The van der Waals surface area contributed by atoms with Crippen LogP contribution in [0.3, 0.4) is 0 Å². The molecule has 0 aliphatic heterocycles. The van der Waals surface area contributed by atoms with Crippen LogP contribution in [0.1, 0.15) is 12.5 Å². The third-order valence-electron chi connectivity index (χ3n) is 1.92. The fourth-order valence-corrected chi connectivity index (χ4v) is 1.06. The maximum atomic E-state index is 11.1. The van der Waals surface area contributed by atoms with Gasteiger partial charge in [-0.2, -0.15) is 0 Å². The Bertz CT molecular complexity index is 427. The minimum atomic E-state index is -1.23. The lowest BCUT2D eigenvalue weighted by molar-refractivity contribution is -0.384. The molecule has 0 aliphatic carbocycles.